The smallest absolute Gasteiger partial charge is 0.308 e. The lowest BCUT2D eigenvalue weighted by Gasteiger charge is -2.32. The van der Waals surface area contributed by atoms with Gasteiger partial charge in [-0.25, -0.2) is 0 Å². The van der Waals surface area contributed by atoms with Crippen molar-refractivity contribution < 1.29 is 19.4 Å². The van der Waals surface area contributed by atoms with E-state index in [1.165, 1.54) is 12.0 Å². The van der Waals surface area contributed by atoms with E-state index in [4.69, 9.17) is 15.6 Å². The van der Waals surface area contributed by atoms with Gasteiger partial charge in [0.1, 0.15) is 6.10 Å². The summed E-state index contributed by atoms with van der Waals surface area (Å²) in [6.07, 6.45) is 0.677. The molecule has 92 valence electrons. The second kappa shape index (κ2) is 5.81. The number of nitrogens with two attached hydrogens (primary N) is 1. The second-order valence-corrected chi connectivity index (χ2v) is 3.92. The van der Waals surface area contributed by atoms with Crippen molar-refractivity contribution in [1.82, 2.24) is 4.90 Å². The van der Waals surface area contributed by atoms with Gasteiger partial charge in [-0.3, -0.25) is 9.59 Å². The fraction of sp³-hybridized carbons (Fsp3) is 0.800. The molecule has 16 heavy (non-hydrogen) atoms. The highest BCUT2D eigenvalue weighted by Gasteiger charge is 2.31. The van der Waals surface area contributed by atoms with Gasteiger partial charge in [0.15, 0.2) is 0 Å². The van der Waals surface area contributed by atoms with Gasteiger partial charge in [0.05, 0.1) is 5.92 Å². The van der Waals surface area contributed by atoms with Gasteiger partial charge >= 0.3 is 5.97 Å². The Bertz CT molecular complexity index is 266. The largest absolute Gasteiger partial charge is 0.481 e. The molecule has 0 radical (unpaired) electrons. The number of carboxylic acid groups (broad SMARTS) is 1. The van der Waals surface area contributed by atoms with Crippen molar-refractivity contribution in [1.29, 1.82) is 0 Å². The van der Waals surface area contributed by atoms with Crippen molar-refractivity contribution in [2.45, 2.75) is 18.9 Å². The molecular formula is C10H18N2O4. The van der Waals surface area contributed by atoms with E-state index in [9.17, 15) is 9.59 Å². The van der Waals surface area contributed by atoms with Crippen LogP contribution in [0.4, 0.5) is 0 Å². The fourth-order valence-electron chi connectivity index (χ4n) is 1.88. The number of carbonyl (C=O) groups is 2. The first kappa shape index (κ1) is 12.9. The van der Waals surface area contributed by atoms with Crippen LogP contribution in [0.3, 0.4) is 0 Å². The summed E-state index contributed by atoms with van der Waals surface area (Å²) < 4.78 is 4.95. The fourth-order valence-corrected chi connectivity index (χ4v) is 1.88. The van der Waals surface area contributed by atoms with Gasteiger partial charge in [-0.15, -0.1) is 0 Å². The highest BCUT2D eigenvalue weighted by molar-refractivity contribution is 5.82. The molecule has 3 N–H and O–H groups in total. The number of amides is 1. The third kappa shape index (κ3) is 2.93. The summed E-state index contributed by atoms with van der Waals surface area (Å²) in [7, 11) is 1.42. The lowest BCUT2D eigenvalue weighted by atomic mass is 9.98. The molecule has 6 nitrogen and oxygen atoms in total. The standard InChI is InChI=1S/C10H18N2O4/c1-16-8(5-11)9(13)12-4-2-3-7(6-12)10(14)15/h7-8H,2-6,11H2,1H3,(H,14,15)/t7-,8?/m1/s1. The Morgan fingerprint density at radius 3 is 2.81 bits per heavy atom. The molecule has 0 aromatic rings. The van der Waals surface area contributed by atoms with E-state index in [1.807, 2.05) is 0 Å². The molecule has 1 amide bonds. The number of aliphatic carboxylic acids is 1. The van der Waals surface area contributed by atoms with Gasteiger partial charge in [-0.05, 0) is 12.8 Å². The first-order valence-electron chi connectivity index (χ1n) is 5.34. The molecule has 1 saturated heterocycles. The number of rotatable bonds is 4. The predicted molar refractivity (Wildman–Crippen MR) is 56.8 cm³/mol. The van der Waals surface area contributed by atoms with E-state index < -0.39 is 18.0 Å². The normalized spacial score (nSPS) is 22.9. The number of methoxy groups -OCH3 is 1. The van der Waals surface area contributed by atoms with Crippen LogP contribution in [0.15, 0.2) is 0 Å². The van der Waals surface area contributed by atoms with E-state index >= 15 is 0 Å². The monoisotopic (exact) mass is 230 g/mol. The van der Waals surface area contributed by atoms with Crippen molar-refractivity contribution in [2.75, 3.05) is 26.7 Å². The van der Waals surface area contributed by atoms with Crippen LogP contribution >= 0.6 is 0 Å². The summed E-state index contributed by atoms with van der Waals surface area (Å²) in [5, 5.41) is 8.90. The number of carboxylic acids is 1. The Morgan fingerprint density at radius 1 is 1.62 bits per heavy atom. The van der Waals surface area contributed by atoms with Gasteiger partial charge in [0.25, 0.3) is 5.91 Å². The summed E-state index contributed by atoms with van der Waals surface area (Å²) in [5.74, 6) is -1.52. The molecule has 1 aliphatic rings. The lowest BCUT2D eigenvalue weighted by molar-refractivity contribution is -0.149. The molecule has 1 aliphatic heterocycles. The Balaban J connectivity index is 2.59. The summed E-state index contributed by atoms with van der Waals surface area (Å²) in [6.45, 7) is 0.958. The summed E-state index contributed by atoms with van der Waals surface area (Å²) in [6, 6.07) is 0. The van der Waals surface area contributed by atoms with Gasteiger partial charge in [0, 0.05) is 26.7 Å². The molecule has 1 fully saturated rings. The minimum Gasteiger partial charge on any atom is -0.481 e. The number of likely N-dealkylation sites (tertiary alicyclic amines) is 1. The van der Waals surface area contributed by atoms with E-state index in [0.29, 0.717) is 19.4 Å². The Morgan fingerprint density at radius 2 is 2.31 bits per heavy atom. The number of hydrogen-bond acceptors (Lipinski definition) is 4. The van der Waals surface area contributed by atoms with E-state index in [1.54, 1.807) is 0 Å². The SMILES string of the molecule is COC(CN)C(=O)N1CCC[C@@H](C(=O)O)C1. The number of carbonyl (C=O) groups excluding carboxylic acids is 1. The first-order valence-corrected chi connectivity index (χ1v) is 5.34. The third-order valence-corrected chi connectivity index (χ3v) is 2.86. The van der Waals surface area contributed by atoms with E-state index in [0.717, 1.165) is 0 Å². The second-order valence-electron chi connectivity index (χ2n) is 3.92. The summed E-state index contributed by atoms with van der Waals surface area (Å²) >= 11 is 0. The maximum Gasteiger partial charge on any atom is 0.308 e. The van der Waals surface area contributed by atoms with Crippen LogP contribution < -0.4 is 5.73 Å². The maximum absolute atomic E-state index is 11.9. The Kier molecular flexibility index (Phi) is 4.70. The zero-order valence-corrected chi connectivity index (χ0v) is 9.39. The topological polar surface area (TPSA) is 92.9 Å². The number of piperidine rings is 1. The molecule has 0 aromatic carbocycles. The van der Waals surface area contributed by atoms with Crippen molar-refractivity contribution in [2.24, 2.45) is 11.7 Å². The molecule has 1 unspecified atom stereocenters. The van der Waals surface area contributed by atoms with Crippen LogP contribution in [0.5, 0.6) is 0 Å². The maximum atomic E-state index is 11.9. The summed E-state index contributed by atoms with van der Waals surface area (Å²) in [4.78, 5) is 24.2. The molecule has 0 bridgehead atoms. The van der Waals surface area contributed by atoms with Crippen LogP contribution in [0.25, 0.3) is 0 Å². The average molecular weight is 230 g/mol. The highest BCUT2D eigenvalue weighted by atomic mass is 16.5. The van der Waals surface area contributed by atoms with Crippen LogP contribution in [0, 0.1) is 5.92 Å². The molecular weight excluding hydrogens is 212 g/mol. The molecule has 6 heteroatoms. The minimum atomic E-state index is -0.848. The van der Waals surface area contributed by atoms with Gasteiger partial charge in [-0.2, -0.15) is 0 Å². The molecule has 0 aromatic heterocycles. The zero-order valence-electron chi connectivity index (χ0n) is 9.39. The van der Waals surface area contributed by atoms with Gasteiger partial charge in [0.2, 0.25) is 0 Å². The Labute approximate surface area is 94.3 Å². The molecule has 0 saturated carbocycles. The first-order chi connectivity index (χ1) is 7.60. The minimum absolute atomic E-state index is 0.115. The van der Waals surface area contributed by atoms with Crippen molar-refractivity contribution >= 4 is 11.9 Å². The van der Waals surface area contributed by atoms with Gasteiger partial charge < -0.3 is 20.5 Å². The van der Waals surface area contributed by atoms with Crippen molar-refractivity contribution in [3.63, 3.8) is 0 Å². The highest BCUT2D eigenvalue weighted by Crippen LogP contribution is 2.17. The van der Waals surface area contributed by atoms with E-state index in [-0.39, 0.29) is 19.0 Å². The van der Waals surface area contributed by atoms with Crippen LogP contribution in [0.2, 0.25) is 0 Å². The third-order valence-electron chi connectivity index (χ3n) is 2.86. The quantitative estimate of drug-likeness (QED) is 0.665. The zero-order chi connectivity index (χ0) is 12.1. The average Bonchev–Trinajstić information content (AvgIpc) is 2.30. The predicted octanol–water partition coefficient (Wildman–Crippen LogP) is -0.717. The van der Waals surface area contributed by atoms with Crippen LogP contribution in [-0.2, 0) is 14.3 Å². The molecule has 1 heterocycles. The molecule has 0 aliphatic carbocycles. The van der Waals surface area contributed by atoms with Gasteiger partial charge in [-0.1, -0.05) is 0 Å². The van der Waals surface area contributed by atoms with Crippen LogP contribution in [-0.4, -0.2) is 54.7 Å². The van der Waals surface area contributed by atoms with E-state index in [2.05, 4.69) is 0 Å². The lowest BCUT2D eigenvalue weighted by Crippen LogP contribution is -2.49. The molecule has 0 spiro atoms. The summed E-state index contributed by atoms with van der Waals surface area (Å²) in [5.41, 5.74) is 5.40. The van der Waals surface area contributed by atoms with Crippen molar-refractivity contribution in [3.05, 3.63) is 0 Å². The number of nitrogens with zero attached hydrogens (tertiary/aromatic N) is 1. The van der Waals surface area contributed by atoms with Crippen LogP contribution in [0.1, 0.15) is 12.8 Å². The Hall–Kier alpha value is -1.14. The molecule has 1 rings (SSSR count). The number of ether oxygens (including phenoxy) is 1. The number of hydrogen-bond donors (Lipinski definition) is 2. The molecule has 2 atom stereocenters. The van der Waals surface area contributed by atoms with Crippen molar-refractivity contribution in [3.8, 4) is 0 Å².